The molecular weight excluding hydrogens is 521 g/mol. The van der Waals surface area contributed by atoms with Gasteiger partial charge in [-0.25, -0.2) is 14.3 Å². The number of nitrogens with zero attached hydrogens (tertiary/aromatic N) is 3. The van der Waals surface area contributed by atoms with Crippen LogP contribution in [0.25, 0.3) is 17.1 Å². The Morgan fingerprint density at radius 2 is 2.08 bits per heavy atom. The van der Waals surface area contributed by atoms with Crippen molar-refractivity contribution in [3.63, 3.8) is 0 Å². The van der Waals surface area contributed by atoms with Gasteiger partial charge in [0.25, 0.3) is 5.91 Å². The van der Waals surface area contributed by atoms with Gasteiger partial charge >= 0.3 is 12.1 Å². The minimum Gasteiger partial charge on any atom is -0.463 e. The standard InChI is InChI=1S/C23H18ClF3N4O4S/c1-2-34-22(33)16-11-6-3-4-8-14(11)36-21(16)29-20(32)18-17(24)19-28-12(13-7-5-9-35-13)10-15(23(25,26)27)31(19)30-18/h5,7,9-10H,2-4,6,8H2,1H3,(H,29,32). The number of aromatic nitrogens is 3. The number of hydrogen-bond acceptors (Lipinski definition) is 7. The monoisotopic (exact) mass is 538 g/mol. The summed E-state index contributed by atoms with van der Waals surface area (Å²) in [7, 11) is 0. The van der Waals surface area contributed by atoms with Crippen LogP contribution in [0, 0.1) is 0 Å². The number of fused-ring (bicyclic) bond motifs is 2. The number of aryl methyl sites for hydroxylation is 1. The maximum atomic E-state index is 13.9. The Labute approximate surface area is 211 Å². The zero-order chi connectivity index (χ0) is 25.6. The average molecular weight is 539 g/mol. The summed E-state index contributed by atoms with van der Waals surface area (Å²) in [6, 6.07) is 3.72. The number of nitrogens with one attached hydrogen (secondary N) is 1. The van der Waals surface area contributed by atoms with E-state index in [0.717, 1.165) is 35.8 Å². The maximum absolute atomic E-state index is 13.9. The SMILES string of the molecule is CCOC(=O)c1c(NC(=O)c2nn3c(C(F)(F)F)cc(-c4ccco4)nc3c2Cl)sc2c1CCCC2. The fourth-order valence-electron chi connectivity index (χ4n) is 4.12. The molecule has 0 radical (unpaired) electrons. The second-order valence-corrected chi connectivity index (χ2v) is 9.47. The van der Waals surface area contributed by atoms with Gasteiger partial charge in [-0.1, -0.05) is 11.6 Å². The van der Waals surface area contributed by atoms with E-state index in [1.54, 1.807) is 6.92 Å². The van der Waals surface area contributed by atoms with Crippen LogP contribution in [0.15, 0.2) is 28.9 Å². The van der Waals surface area contributed by atoms with Gasteiger partial charge in [-0.05, 0) is 56.4 Å². The van der Waals surface area contributed by atoms with Crippen LogP contribution in [-0.2, 0) is 23.8 Å². The van der Waals surface area contributed by atoms with E-state index in [9.17, 15) is 22.8 Å². The molecule has 5 rings (SSSR count). The van der Waals surface area contributed by atoms with Crippen LogP contribution >= 0.6 is 22.9 Å². The number of furan rings is 1. The summed E-state index contributed by atoms with van der Waals surface area (Å²) in [6.45, 7) is 1.83. The number of alkyl halides is 3. The summed E-state index contributed by atoms with van der Waals surface area (Å²) in [4.78, 5) is 31.0. The number of carbonyl (C=O) groups excluding carboxylic acids is 2. The Morgan fingerprint density at radius 1 is 1.31 bits per heavy atom. The van der Waals surface area contributed by atoms with Crippen LogP contribution < -0.4 is 5.32 Å². The van der Waals surface area contributed by atoms with Crippen molar-refractivity contribution in [1.82, 2.24) is 14.6 Å². The number of halogens is 4. The van der Waals surface area contributed by atoms with E-state index in [4.69, 9.17) is 20.8 Å². The number of carbonyl (C=O) groups is 2. The molecule has 0 saturated carbocycles. The van der Waals surface area contributed by atoms with Crippen molar-refractivity contribution in [2.75, 3.05) is 11.9 Å². The number of thiophene rings is 1. The average Bonchev–Trinajstić information content (AvgIpc) is 3.55. The Kier molecular flexibility index (Phi) is 6.25. The highest BCUT2D eigenvalue weighted by Crippen LogP contribution is 2.39. The van der Waals surface area contributed by atoms with Crippen molar-refractivity contribution in [1.29, 1.82) is 0 Å². The minimum atomic E-state index is -4.82. The molecule has 4 aromatic heterocycles. The smallest absolute Gasteiger partial charge is 0.433 e. The fourth-order valence-corrected chi connectivity index (χ4v) is 5.64. The molecule has 8 nitrogen and oxygen atoms in total. The zero-order valence-corrected chi connectivity index (χ0v) is 20.3. The highest BCUT2D eigenvalue weighted by Gasteiger charge is 2.37. The van der Waals surface area contributed by atoms with Gasteiger partial charge in [0.15, 0.2) is 22.8 Å². The van der Waals surface area contributed by atoms with E-state index in [2.05, 4.69) is 15.4 Å². The maximum Gasteiger partial charge on any atom is 0.433 e. The van der Waals surface area contributed by atoms with Gasteiger partial charge in [-0.15, -0.1) is 11.3 Å². The van der Waals surface area contributed by atoms with Gasteiger partial charge in [-0.3, -0.25) is 4.79 Å². The van der Waals surface area contributed by atoms with Gasteiger partial charge < -0.3 is 14.5 Å². The number of hydrogen-bond donors (Lipinski definition) is 1. The second-order valence-electron chi connectivity index (χ2n) is 7.99. The summed E-state index contributed by atoms with van der Waals surface area (Å²) in [5, 5.41) is 6.33. The van der Waals surface area contributed by atoms with E-state index in [0.29, 0.717) is 10.9 Å². The highest BCUT2D eigenvalue weighted by molar-refractivity contribution is 7.17. The van der Waals surface area contributed by atoms with E-state index in [1.807, 2.05) is 0 Å². The summed E-state index contributed by atoms with van der Waals surface area (Å²) >= 11 is 7.58. The second kappa shape index (κ2) is 9.25. The van der Waals surface area contributed by atoms with Gasteiger partial charge in [-0.2, -0.15) is 18.3 Å². The van der Waals surface area contributed by atoms with Crippen molar-refractivity contribution in [2.24, 2.45) is 0 Å². The molecule has 1 N–H and O–H groups in total. The Hall–Kier alpha value is -3.38. The molecule has 0 fully saturated rings. The lowest BCUT2D eigenvalue weighted by Crippen LogP contribution is -2.17. The van der Waals surface area contributed by atoms with Gasteiger partial charge in [0.2, 0.25) is 0 Å². The predicted octanol–water partition coefficient (Wildman–Crippen LogP) is 6.03. The molecule has 1 amide bonds. The number of amides is 1. The molecule has 1 aliphatic rings. The third-order valence-corrected chi connectivity index (χ3v) is 7.25. The topological polar surface area (TPSA) is 98.7 Å². The normalized spacial score (nSPS) is 13.6. The van der Waals surface area contributed by atoms with Crippen LogP contribution in [-0.4, -0.2) is 33.1 Å². The van der Waals surface area contributed by atoms with Gasteiger partial charge in [0.1, 0.15) is 15.7 Å². The first kappa shape index (κ1) is 24.3. The largest absolute Gasteiger partial charge is 0.463 e. The number of ether oxygens (including phenoxy) is 1. The predicted molar refractivity (Wildman–Crippen MR) is 126 cm³/mol. The molecule has 0 spiro atoms. The van der Waals surface area contributed by atoms with Crippen LogP contribution in [0.2, 0.25) is 5.02 Å². The van der Waals surface area contributed by atoms with Crippen LogP contribution in [0.1, 0.15) is 56.7 Å². The first-order valence-corrected chi connectivity index (χ1v) is 12.2. The highest BCUT2D eigenvalue weighted by atomic mass is 35.5. The fraction of sp³-hybridized carbons (Fsp3) is 0.304. The lowest BCUT2D eigenvalue weighted by Gasteiger charge is -2.12. The molecular formula is C23H18ClF3N4O4S. The molecule has 4 aromatic rings. The van der Waals surface area contributed by atoms with Crippen LogP contribution in [0.3, 0.4) is 0 Å². The molecule has 0 bridgehead atoms. The summed E-state index contributed by atoms with van der Waals surface area (Å²) in [5.74, 6) is -1.35. The van der Waals surface area contributed by atoms with Gasteiger partial charge in [0.05, 0.1) is 18.4 Å². The molecule has 0 aromatic carbocycles. The first-order valence-electron chi connectivity index (χ1n) is 11.0. The Morgan fingerprint density at radius 3 is 2.78 bits per heavy atom. The molecule has 0 unspecified atom stereocenters. The summed E-state index contributed by atoms with van der Waals surface area (Å²) in [6.07, 6.45) is -0.259. The Balaban J connectivity index is 1.58. The molecule has 36 heavy (non-hydrogen) atoms. The lowest BCUT2D eigenvalue weighted by atomic mass is 9.95. The molecule has 13 heteroatoms. The number of anilines is 1. The molecule has 0 saturated heterocycles. The molecule has 0 atom stereocenters. The summed E-state index contributed by atoms with van der Waals surface area (Å²) in [5.41, 5.74) is -1.04. The summed E-state index contributed by atoms with van der Waals surface area (Å²) < 4.78 is 52.4. The number of esters is 1. The van der Waals surface area contributed by atoms with E-state index in [-0.39, 0.29) is 39.3 Å². The van der Waals surface area contributed by atoms with E-state index in [1.165, 1.54) is 29.7 Å². The van der Waals surface area contributed by atoms with Gasteiger partial charge in [0, 0.05) is 4.88 Å². The van der Waals surface area contributed by atoms with Crippen molar-refractivity contribution < 1.29 is 31.9 Å². The van der Waals surface area contributed by atoms with Crippen LogP contribution in [0.5, 0.6) is 0 Å². The molecule has 1 aliphatic carbocycles. The van der Waals surface area contributed by atoms with Crippen molar-refractivity contribution in [3.8, 4) is 11.5 Å². The minimum absolute atomic E-state index is 0.0921. The van der Waals surface area contributed by atoms with Crippen molar-refractivity contribution in [3.05, 3.63) is 56.9 Å². The zero-order valence-electron chi connectivity index (χ0n) is 18.7. The van der Waals surface area contributed by atoms with Crippen LogP contribution in [0.4, 0.5) is 18.2 Å². The quantitative estimate of drug-likeness (QED) is 0.311. The van der Waals surface area contributed by atoms with E-state index >= 15 is 0 Å². The third kappa shape index (κ3) is 4.24. The number of rotatable bonds is 5. The lowest BCUT2D eigenvalue weighted by molar-refractivity contribution is -0.142. The molecule has 4 heterocycles. The first-order chi connectivity index (χ1) is 17.2. The van der Waals surface area contributed by atoms with Crippen molar-refractivity contribution >= 4 is 45.5 Å². The molecule has 0 aliphatic heterocycles. The molecule has 188 valence electrons. The van der Waals surface area contributed by atoms with E-state index < -0.39 is 29.4 Å². The Bertz CT molecular complexity index is 1480. The third-order valence-electron chi connectivity index (χ3n) is 5.69. The van der Waals surface area contributed by atoms with Crippen molar-refractivity contribution in [2.45, 2.75) is 38.8 Å².